The predicted octanol–water partition coefficient (Wildman–Crippen LogP) is -2.06. The molecule has 2 unspecified atom stereocenters. The van der Waals surface area contributed by atoms with Gasteiger partial charge in [-0.3, -0.25) is 9.08 Å². The van der Waals surface area contributed by atoms with Crippen LogP contribution in [0.25, 0.3) is 0 Å². The van der Waals surface area contributed by atoms with Gasteiger partial charge in [0.2, 0.25) is 0 Å². The van der Waals surface area contributed by atoms with Crippen LogP contribution < -0.4 is 5.32 Å². The monoisotopic (exact) mass is 268 g/mol. The molecular formula is C9H20N2O5S. The van der Waals surface area contributed by atoms with Crippen molar-refractivity contribution >= 4 is 10.1 Å². The summed E-state index contributed by atoms with van der Waals surface area (Å²) in [7, 11) is -3.90. The molecule has 0 aromatic heterocycles. The molecule has 2 atom stereocenters. The third-order valence-corrected chi connectivity index (χ3v) is 4.34. The van der Waals surface area contributed by atoms with Crippen molar-refractivity contribution in [2.45, 2.75) is 18.4 Å². The predicted molar refractivity (Wildman–Crippen MR) is 61.9 cm³/mol. The highest BCUT2D eigenvalue weighted by Gasteiger charge is 2.36. The molecule has 1 aliphatic rings. The molecule has 0 saturated carbocycles. The van der Waals surface area contributed by atoms with Crippen LogP contribution in [-0.2, 0) is 14.3 Å². The van der Waals surface area contributed by atoms with Gasteiger partial charge in [-0.05, 0) is 6.92 Å². The van der Waals surface area contributed by atoms with Gasteiger partial charge in [0.15, 0.2) is 5.37 Å². The van der Waals surface area contributed by atoms with Crippen LogP contribution >= 0.6 is 0 Å². The number of nitrogens with one attached hydrogen (secondary N) is 1. The Kier molecular flexibility index (Phi) is 5.77. The van der Waals surface area contributed by atoms with Crippen molar-refractivity contribution in [2.75, 3.05) is 39.4 Å². The van der Waals surface area contributed by atoms with E-state index in [1.165, 1.54) is 6.92 Å². The van der Waals surface area contributed by atoms with E-state index < -0.39 is 21.6 Å². The fraction of sp³-hybridized carbons (Fsp3) is 1.00. The maximum absolute atomic E-state index is 11.9. The van der Waals surface area contributed by atoms with Crippen LogP contribution in [-0.4, -0.2) is 74.4 Å². The molecule has 3 N–H and O–H groups in total. The average molecular weight is 268 g/mol. The molecule has 102 valence electrons. The lowest BCUT2D eigenvalue weighted by molar-refractivity contribution is 0.0840. The van der Waals surface area contributed by atoms with Gasteiger partial charge in [0.05, 0.1) is 19.3 Å². The first-order valence-electron chi connectivity index (χ1n) is 5.61. The van der Waals surface area contributed by atoms with E-state index in [0.29, 0.717) is 26.2 Å². The summed E-state index contributed by atoms with van der Waals surface area (Å²) < 4.78 is 28.4. The van der Waals surface area contributed by atoms with Gasteiger partial charge in [-0.1, -0.05) is 0 Å². The molecule has 0 amide bonds. The normalized spacial score (nSPS) is 22.3. The van der Waals surface area contributed by atoms with Crippen LogP contribution in [0.3, 0.4) is 0 Å². The van der Waals surface area contributed by atoms with Gasteiger partial charge in [-0.25, -0.2) is 0 Å². The Morgan fingerprint density at radius 3 is 2.47 bits per heavy atom. The molecule has 17 heavy (non-hydrogen) atoms. The van der Waals surface area contributed by atoms with Crippen molar-refractivity contribution in [1.82, 2.24) is 10.2 Å². The second kappa shape index (κ2) is 6.62. The van der Waals surface area contributed by atoms with Gasteiger partial charge in [0.25, 0.3) is 10.1 Å². The smallest absolute Gasteiger partial charge is 0.286 e. The molecule has 0 spiro atoms. The van der Waals surface area contributed by atoms with Crippen LogP contribution in [0.4, 0.5) is 0 Å². The van der Waals surface area contributed by atoms with E-state index in [9.17, 15) is 13.5 Å². The SMILES string of the molecule is CC(O)C(N1CCNCC1)S(=O)(=O)OCCO. The van der Waals surface area contributed by atoms with E-state index in [1.54, 1.807) is 4.90 Å². The molecule has 0 bridgehead atoms. The molecule has 0 aliphatic carbocycles. The van der Waals surface area contributed by atoms with Gasteiger partial charge in [0, 0.05) is 26.2 Å². The molecule has 0 aromatic carbocycles. The molecule has 1 saturated heterocycles. The first-order chi connectivity index (χ1) is 7.99. The van der Waals surface area contributed by atoms with Crippen molar-refractivity contribution < 1.29 is 22.8 Å². The molecular weight excluding hydrogens is 248 g/mol. The Balaban J connectivity index is 2.76. The van der Waals surface area contributed by atoms with Crippen molar-refractivity contribution in [3.8, 4) is 0 Å². The van der Waals surface area contributed by atoms with E-state index in [4.69, 9.17) is 5.11 Å². The number of hydrogen-bond acceptors (Lipinski definition) is 7. The molecule has 1 fully saturated rings. The van der Waals surface area contributed by atoms with Gasteiger partial charge < -0.3 is 15.5 Å². The van der Waals surface area contributed by atoms with Gasteiger partial charge in [-0.15, -0.1) is 0 Å². The molecule has 7 nitrogen and oxygen atoms in total. The number of nitrogens with zero attached hydrogens (tertiary/aromatic N) is 1. The maximum Gasteiger partial charge on any atom is 0.286 e. The summed E-state index contributed by atoms with van der Waals surface area (Å²) in [6.45, 7) is 3.21. The first-order valence-corrected chi connectivity index (χ1v) is 7.08. The van der Waals surface area contributed by atoms with E-state index in [1.807, 2.05) is 0 Å². The fourth-order valence-corrected chi connectivity index (χ4v) is 3.39. The van der Waals surface area contributed by atoms with E-state index in [0.717, 1.165) is 0 Å². The van der Waals surface area contributed by atoms with E-state index in [-0.39, 0.29) is 13.2 Å². The average Bonchev–Trinajstić information content (AvgIpc) is 2.27. The number of rotatable bonds is 6. The summed E-state index contributed by atoms with van der Waals surface area (Å²) >= 11 is 0. The summed E-state index contributed by atoms with van der Waals surface area (Å²) in [5.41, 5.74) is 0. The Morgan fingerprint density at radius 2 is 2.00 bits per heavy atom. The first kappa shape index (κ1) is 14.8. The van der Waals surface area contributed by atoms with Crippen molar-refractivity contribution in [2.24, 2.45) is 0 Å². The van der Waals surface area contributed by atoms with E-state index in [2.05, 4.69) is 9.50 Å². The minimum Gasteiger partial charge on any atom is -0.394 e. The minimum atomic E-state index is -3.90. The standard InChI is InChI=1S/C9H20N2O5S/c1-8(13)9(11-4-2-10-3-5-11)17(14,15)16-7-6-12/h8-10,12-13H,2-7H2,1H3. The Hall–Kier alpha value is -0.250. The lowest BCUT2D eigenvalue weighted by Crippen LogP contribution is -2.55. The summed E-state index contributed by atoms with van der Waals surface area (Å²) in [5.74, 6) is 0. The van der Waals surface area contributed by atoms with Gasteiger partial charge in [0.1, 0.15) is 0 Å². The quantitative estimate of drug-likeness (QED) is 0.476. The van der Waals surface area contributed by atoms with E-state index >= 15 is 0 Å². The van der Waals surface area contributed by atoms with Gasteiger partial charge >= 0.3 is 0 Å². The van der Waals surface area contributed by atoms with Crippen LogP contribution in [0.15, 0.2) is 0 Å². The fourth-order valence-electron chi connectivity index (χ4n) is 1.89. The Morgan fingerprint density at radius 1 is 1.41 bits per heavy atom. The molecule has 1 rings (SSSR count). The number of hydrogen-bond donors (Lipinski definition) is 3. The van der Waals surface area contributed by atoms with Crippen molar-refractivity contribution in [1.29, 1.82) is 0 Å². The number of piperazine rings is 1. The summed E-state index contributed by atoms with van der Waals surface area (Å²) in [6.07, 6.45) is -1.04. The largest absolute Gasteiger partial charge is 0.394 e. The Bertz CT molecular complexity index is 313. The molecule has 1 heterocycles. The Labute approximate surface area is 101 Å². The lowest BCUT2D eigenvalue weighted by atomic mass is 10.3. The van der Waals surface area contributed by atoms with Crippen molar-refractivity contribution in [3.05, 3.63) is 0 Å². The topological polar surface area (TPSA) is 99.1 Å². The third kappa shape index (κ3) is 4.16. The third-order valence-electron chi connectivity index (χ3n) is 2.56. The highest BCUT2D eigenvalue weighted by Crippen LogP contribution is 2.15. The summed E-state index contributed by atoms with van der Waals surface area (Å²) in [6, 6.07) is 0. The molecule has 0 radical (unpaired) electrons. The number of aliphatic hydroxyl groups excluding tert-OH is 2. The van der Waals surface area contributed by atoms with Gasteiger partial charge in [-0.2, -0.15) is 8.42 Å². The summed E-state index contributed by atoms with van der Waals surface area (Å²) in [5, 5.41) is 20.2. The van der Waals surface area contributed by atoms with Crippen LogP contribution in [0.5, 0.6) is 0 Å². The zero-order valence-corrected chi connectivity index (χ0v) is 10.7. The maximum atomic E-state index is 11.9. The van der Waals surface area contributed by atoms with Crippen molar-refractivity contribution in [3.63, 3.8) is 0 Å². The zero-order valence-electron chi connectivity index (χ0n) is 9.87. The zero-order chi connectivity index (χ0) is 12.9. The number of aliphatic hydroxyl groups is 2. The molecule has 1 aliphatic heterocycles. The summed E-state index contributed by atoms with van der Waals surface area (Å²) in [4.78, 5) is 1.67. The van der Waals surface area contributed by atoms with Crippen LogP contribution in [0.1, 0.15) is 6.92 Å². The highest BCUT2D eigenvalue weighted by molar-refractivity contribution is 7.87. The highest BCUT2D eigenvalue weighted by atomic mass is 32.2. The van der Waals surface area contributed by atoms with Crippen LogP contribution in [0.2, 0.25) is 0 Å². The minimum absolute atomic E-state index is 0.280. The van der Waals surface area contributed by atoms with Crippen LogP contribution in [0, 0.1) is 0 Å². The second-order valence-corrected chi connectivity index (χ2v) is 5.66. The molecule has 0 aromatic rings. The molecule has 8 heteroatoms. The lowest BCUT2D eigenvalue weighted by Gasteiger charge is -2.35. The second-order valence-electron chi connectivity index (χ2n) is 3.96.